The number of benzene rings is 2. The predicted octanol–water partition coefficient (Wildman–Crippen LogP) is 2.48. The lowest BCUT2D eigenvalue weighted by Gasteiger charge is -2.25. The maximum absolute atomic E-state index is 13.2. The van der Waals surface area contributed by atoms with Gasteiger partial charge in [0.25, 0.3) is 10.0 Å². The molecule has 0 unspecified atom stereocenters. The van der Waals surface area contributed by atoms with Gasteiger partial charge in [0.05, 0.1) is 17.2 Å². The number of sulfonamides is 1. The van der Waals surface area contributed by atoms with Crippen LogP contribution in [0.4, 0.5) is 10.1 Å². The first-order chi connectivity index (χ1) is 12.7. The minimum Gasteiger partial charge on any atom is -0.383 e. The van der Waals surface area contributed by atoms with Crippen molar-refractivity contribution < 1.29 is 22.3 Å². The Kier molecular flexibility index (Phi) is 6.92. The molecule has 0 aliphatic carbocycles. The summed E-state index contributed by atoms with van der Waals surface area (Å²) in [5, 5.41) is 2.70. The van der Waals surface area contributed by atoms with Gasteiger partial charge in [0, 0.05) is 13.2 Å². The summed E-state index contributed by atoms with van der Waals surface area (Å²) in [5.74, 6) is -1.01. The van der Waals surface area contributed by atoms with Gasteiger partial charge in [0.15, 0.2) is 0 Å². The molecule has 0 fully saturated rings. The number of ether oxygens (including phenoxy) is 1. The second-order valence-electron chi connectivity index (χ2n) is 6.23. The molecule has 0 radical (unpaired) electrons. The third-order valence-electron chi connectivity index (χ3n) is 3.83. The molecule has 2 rings (SSSR count). The molecule has 0 saturated carbocycles. The van der Waals surface area contributed by atoms with Gasteiger partial charge in [-0.15, -0.1) is 0 Å². The molecule has 1 atom stereocenters. The van der Waals surface area contributed by atoms with Gasteiger partial charge in [0.2, 0.25) is 5.91 Å². The van der Waals surface area contributed by atoms with Gasteiger partial charge in [-0.3, -0.25) is 9.10 Å². The highest BCUT2D eigenvalue weighted by Crippen LogP contribution is 2.24. The van der Waals surface area contributed by atoms with Gasteiger partial charge >= 0.3 is 0 Å². The lowest BCUT2D eigenvalue weighted by atomic mass is 10.2. The van der Waals surface area contributed by atoms with E-state index in [1.54, 1.807) is 31.2 Å². The first-order valence-electron chi connectivity index (χ1n) is 8.37. The van der Waals surface area contributed by atoms with Crippen molar-refractivity contribution in [3.63, 3.8) is 0 Å². The molecule has 6 nitrogen and oxygen atoms in total. The molecule has 2 aromatic rings. The summed E-state index contributed by atoms with van der Waals surface area (Å²) in [5.41, 5.74) is 1.30. The third kappa shape index (κ3) is 5.51. The first kappa shape index (κ1) is 20.9. The Balaban J connectivity index is 2.36. The van der Waals surface area contributed by atoms with Crippen LogP contribution in [0.1, 0.15) is 12.5 Å². The number of rotatable bonds is 8. The van der Waals surface area contributed by atoms with Crippen molar-refractivity contribution in [2.75, 3.05) is 24.6 Å². The van der Waals surface area contributed by atoms with Crippen LogP contribution in [0, 0.1) is 12.7 Å². The van der Waals surface area contributed by atoms with Crippen molar-refractivity contribution in [3.8, 4) is 0 Å². The zero-order valence-electron chi connectivity index (χ0n) is 15.5. The summed E-state index contributed by atoms with van der Waals surface area (Å²) >= 11 is 0. The smallest absolute Gasteiger partial charge is 0.264 e. The molecule has 0 saturated heterocycles. The average molecular weight is 394 g/mol. The van der Waals surface area contributed by atoms with Crippen LogP contribution in [0.25, 0.3) is 0 Å². The Bertz CT molecular complexity index is 868. The van der Waals surface area contributed by atoms with Crippen LogP contribution in [-0.4, -0.2) is 40.6 Å². The number of aryl methyl sites for hydroxylation is 1. The Morgan fingerprint density at radius 1 is 1.15 bits per heavy atom. The van der Waals surface area contributed by atoms with E-state index in [1.165, 1.54) is 19.2 Å². The van der Waals surface area contributed by atoms with Crippen LogP contribution in [0.15, 0.2) is 53.4 Å². The van der Waals surface area contributed by atoms with E-state index in [2.05, 4.69) is 5.32 Å². The molecule has 0 heterocycles. The van der Waals surface area contributed by atoms with Crippen molar-refractivity contribution in [1.82, 2.24) is 5.32 Å². The number of nitrogens with zero attached hydrogens (tertiary/aromatic N) is 1. The molecule has 1 N–H and O–H groups in total. The summed E-state index contributed by atoms with van der Waals surface area (Å²) in [6.07, 6.45) is 0. The zero-order valence-corrected chi connectivity index (χ0v) is 16.3. The molecule has 0 bridgehead atoms. The van der Waals surface area contributed by atoms with Crippen LogP contribution in [-0.2, 0) is 19.6 Å². The highest BCUT2D eigenvalue weighted by molar-refractivity contribution is 7.92. The molecular formula is C19H23FN2O4S. The lowest BCUT2D eigenvalue weighted by molar-refractivity contribution is -0.120. The summed E-state index contributed by atoms with van der Waals surface area (Å²) in [6, 6.07) is 11.0. The molecule has 1 amide bonds. The minimum absolute atomic E-state index is 0.0952. The highest BCUT2D eigenvalue weighted by Gasteiger charge is 2.27. The SMILES string of the molecule is COC[C@H](C)NC(=O)CN(c1ccc(C)cc1)S(=O)(=O)c1ccc(F)cc1. The molecule has 0 aliphatic rings. The fourth-order valence-corrected chi connectivity index (χ4v) is 3.92. The molecule has 146 valence electrons. The van der Waals surface area contributed by atoms with Gasteiger partial charge in [-0.2, -0.15) is 0 Å². The predicted molar refractivity (Wildman–Crippen MR) is 102 cm³/mol. The van der Waals surface area contributed by atoms with Gasteiger partial charge in [-0.25, -0.2) is 12.8 Å². The van der Waals surface area contributed by atoms with Crippen molar-refractivity contribution in [2.45, 2.75) is 24.8 Å². The summed E-state index contributed by atoms with van der Waals surface area (Å²) in [6.45, 7) is 3.53. The number of hydrogen-bond acceptors (Lipinski definition) is 4. The Hall–Kier alpha value is -2.45. The molecule has 0 spiro atoms. The van der Waals surface area contributed by atoms with E-state index in [-0.39, 0.29) is 10.9 Å². The maximum atomic E-state index is 13.2. The molecule has 27 heavy (non-hydrogen) atoms. The van der Waals surface area contributed by atoms with Crippen LogP contribution >= 0.6 is 0 Å². The standard InChI is InChI=1S/C19H23FN2O4S/c1-14-4-8-17(9-5-14)22(12-19(23)21-15(2)13-26-3)27(24,25)18-10-6-16(20)7-11-18/h4-11,15H,12-13H2,1-3H3,(H,21,23)/t15-/m0/s1. The van der Waals surface area contributed by atoms with Gasteiger partial charge < -0.3 is 10.1 Å². The number of anilines is 1. The number of carbonyl (C=O) groups is 1. The minimum atomic E-state index is -4.05. The van der Waals surface area contributed by atoms with Crippen LogP contribution in [0.5, 0.6) is 0 Å². The Labute approximate surface area is 159 Å². The first-order valence-corrected chi connectivity index (χ1v) is 9.81. The van der Waals surface area contributed by atoms with E-state index >= 15 is 0 Å². The van der Waals surface area contributed by atoms with Crippen LogP contribution in [0.3, 0.4) is 0 Å². The fraction of sp³-hybridized carbons (Fsp3) is 0.316. The summed E-state index contributed by atoms with van der Waals surface area (Å²) < 4.78 is 45.3. The second-order valence-corrected chi connectivity index (χ2v) is 8.09. The van der Waals surface area contributed by atoms with E-state index in [1.807, 2.05) is 6.92 Å². The van der Waals surface area contributed by atoms with E-state index < -0.39 is 28.3 Å². The van der Waals surface area contributed by atoms with Crippen LogP contribution in [0.2, 0.25) is 0 Å². The van der Waals surface area contributed by atoms with Crippen molar-refractivity contribution >= 4 is 21.6 Å². The van der Waals surface area contributed by atoms with Gasteiger partial charge in [0.1, 0.15) is 12.4 Å². The number of carbonyl (C=O) groups excluding carboxylic acids is 1. The molecule has 2 aromatic carbocycles. The normalized spacial score (nSPS) is 12.4. The Morgan fingerprint density at radius 3 is 2.30 bits per heavy atom. The van der Waals surface area contributed by atoms with E-state index in [0.717, 1.165) is 22.0 Å². The highest BCUT2D eigenvalue weighted by atomic mass is 32.2. The van der Waals surface area contributed by atoms with Gasteiger partial charge in [-0.05, 0) is 50.2 Å². The molecule has 0 aliphatic heterocycles. The fourth-order valence-electron chi connectivity index (χ4n) is 2.50. The number of methoxy groups -OCH3 is 1. The summed E-state index contributed by atoms with van der Waals surface area (Å²) in [4.78, 5) is 12.3. The Morgan fingerprint density at radius 2 is 1.74 bits per heavy atom. The van der Waals surface area contributed by atoms with E-state index in [9.17, 15) is 17.6 Å². The molecule has 8 heteroatoms. The topological polar surface area (TPSA) is 75.7 Å². The average Bonchev–Trinajstić information content (AvgIpc) is 2.61. The number of nitrogens with one attached hydrogen (secondary N) is 1. The zero-order chi connectivity index (χ0) is 20.0. The number of halogens is 1. The number of hydrogen-bond donors (Lipinski definition) is 1. The molecular weight excluding hydrogens is 371 g/mol. The van der Waals surface area contributed by atoms with E-state index in [0.29, 0.717) is 12.3 Å². The number of amides is 1. The molecule has 0 aromatic heterocycles. The van der Waals surface area contributed by atoms with Crippen molar-refractivity contribution in [3.05, 3.63) is 59.9 Å². The lowest BCUT2D eigenvalue weighted by Crippen LogP contribution is -2.44. The van der Waals surface area contributed by atoms with Gasteiger partial charge in [-0.1, -0.05) is 17.7 Å². The second kappa shape index (κ2) is 8.96. The summed E-state index contributed by atoms with van der Waals surface area (Å²) in [7, 11) is -2.54. The largest absolute Gasteiger partial charge is 0.383 e. The van der Waals surface area contributed by atoms with E-state index in [4.69, 9.17) is 4.74 Å². The third-order valence-corrected chi connectivity index (χ3v) is 5.62. The van der Waals surface area contributed by atoms with Crippen molar-refractivity contribution in [2.24, 2.45) is 0 Å². The maximum Gasteiger partial charge on any atom is 0.264 e. The quantitative estimate of drug-likeness (QED) is 0.746. The van der Waals surface area contributed by atoms with Crippen LogP contribution < -0.4 is 9.62 Å². The monoisotopic (exact) mass is 394 g/mol. The van der Waals surface area contributed by atoms with Crippen molar-refractivity contribution in [1.29, 1.82) is 0 Å².